The number of nitrogens with one attached hydrogen (secondary N) is 3. The quantitative estimate of drug-likeness (QED) is 0.0711. The number of piperidine rings is 2. The first-order chi connectivity index (χ1) is 39.5. The van der Waals surface area contributed by atoms with Crippen LogP contribution in [0.15, 0.2) is 12.7 Å². The number of Topliss-reactive ketones (excluding diaryl/α,β-unsaturated/α-hetero) is 1. The van der Waals surface area contributed by atoms with Gasteiger partial charge < -0.3 is 76.6 Å². The van der Waals surface area contributed by atoms with Gasteiger partial charge in [0, 0.05) is 57.5 Å². The van der Waals surface area contributed by atoms with Crippen LogP contribution in [-0.2, 0) is 51.0 Å². The Labute approximate surface area is 470 Å². The Hall–Kier alpha value is -6.92. The number of carbonyl (C=O) groups is 6. The molecule has 4 aromatic rings. The first-order valence-electron chi connectivity index (χ1n) is 28.9. The van der Waals surface area contributed by atoms with E-state index in [4.69, 9.17) is 30.4 Å². The van der Waals surface area contributed by atoms with Gasteiger partial charge >= 0.3 is 12.2 Å². The van der Waals surface area contributed by atoms with Gasteiger partial charge in [0.05, 0.1) is 25.6 Å². The molecule has 10 atom stereocenters. The van der Waals surface area contributed by atoms with Crippen LogP contribution >= 0.6 is 0 Å². The molecule has 8 aliphatic rings. The number of aryl methyl sites for hydroxylation is 2. The van der Waals surface area contributed by atoms with Crippen LogP contribution in [0.5, 0.6) is 0 Å². The van der Waals surface area contributed by atoms with Crippen molar-refractivity contribution in [3.05, 3.63) is 24.3 Å². The summed E-state index contributed by atoms with van der Waals surface area (Å²) in [7, 11) is 0. The second-order valence-electron chi connectivity index (χ2n) is 23.0. The normalized spacial score (nSPS) is 28.8. The first kappa shape index (κ1) is 56.9. The maximum atomic E-state index is 12.5. The number of fused-ring (bicyclic) bond motifs is 2. The molecule has 4 aromatic heterocycles. The zero-order chi connectivity index (χ0) is 57.3. The van der Waals surface area contributed by atoms with Crippen molar-refractivity contribution < 1.29 is 68.1 Å². The van der Waals surface area contributed by atoms with Crippen LogP contribution in [0, 0.1) is 11.8 Å². The standard InChI is InChI=1S/C27H37N7O7.C26H36N8O7/c28-23-19-24(34(13-29-19)26-21(37)20(36)22(41-26)25(38)30-15-7-8-15)32-18(31-23)6-1-3-14-9-11-33(12-10-14)27(39)40-17-5-2-4-16(17)35;27-22-18-23(34(12-29-18)25-20(37)19(36)21(41-25)24(38)30-14-4-5-14)32-16(31-22)3-1-2-13-6-8-33(9-7-13)26(39)40-15-10-17(35)28-11-15/h13-15,17,20-22,26,36-37H,1-12H2,(H,30,38)(H2,28,31,32);12-15,19-21,25,36-37H,1-11H2,(H,28,35)(H,30,38)(H2,27,31,32)/t17?,20?,21-,22-,26+;15?,19?,20-,21-,25+/m00/s1. The topological polar surface area (TPSA) is 402 Å². The van der Waals surface area contributed by atoms with Crippen LogP contribution in [0.3, 0.4) is 0 Å². The Morgan fingerprint density at radius 1 is 0.634 bits per heavy atom. The van der Waals surface area contributed by atoms with Crippen molar-refractivity contribution in [1.29, 1.82) is 0 Å². The predicted molar refractivity (Wildman–Crippen MR) is 285 cm³/mol. The number of carbonyl (C=O) groups excluding carboxylic acids is 6. The van der Waals surface area contributed by atoms with Gasteiger partial charge in [0.25, 0.3) is 11.8 Å². The minimum absolute atomic E-state index is 0.0160. The Morgan fingerprint density at radius 3 is 1.51 bits per heavy atom. The van der Waals surface area contributed by atoms with E-state index < -0.39 is 79.2 Å². The van der Waals surface area contributed by atoms with E-state index in [2.05, 4.69) is 45.9 Å². The lowest BCUT2D eigenvalue weighted by Crippen LogP contribution is -2.43. The number of nitrogen functional groups attached to an aromatic ring is 2. The van der Waals surface area contributed by atoms with Gasteiger partial charge in [-0.25, -0.2) is 39.5 Å². The van der Waals surface area contributed by atoms with Gasteiger partial charge in [-0.1, -0.05) is 0 Å². The number of amides is 5. The summed E-state index contributed by atoms with van der Waals surface area (Å²) in [4.78, 5) is 103. The number of anilines is 2. The van der Waals surface area contributed by atoms with Crippen LogP contribution in [0.4, 0.5) is 21.2 Å². The maximum Gasteiger partial charge on any atom is 0.410 e. The number of likely N-dealkylation sites (tertiary alicyclic amines) is 2. The summed E-state index contributed by atoms with van der Waals surface area (Å²) in [6.45, 7) is 2.81. The number of aromatic nitrogens is 8. The molecule has 0 spiro atoms. The number of rotatable bonds is 16. The third-order valence-electron chi connectivity index (χ3n) is 16.8. The Kier molecular flexibility index (Phi) is 17.0. The highest BCUT2D eigenvalue weighted by molar-refractivity contribution is 5.87. The van der Waals surface area contributed by atoms with Gasteiger partial charge in [-0.2, -0.15) is 0 Å². The summed E-state index contributed by atoms with van der Waals surface area (Å²) in [5.41, 5.74) is 13.8. The molecule has 9 heterocycles. The molecule has 5 saturated heterocycles. The lowest BCUT2D eigenvalue weighted by atomic mass is 9.91. The first-order valence-corrected chi connectivity index (χ1v) is 28.9. The lowest BCUT2D eigenvalue weighted by molar-refractivity contribution is -0.138. The van der Waals surface area contributed by atoms with Gasteiger partial charge in [-0.3, -0.25) is 28.3 Å². The van der Waals surface area contributed by atoms with E-state index in [0.29, 0.717) is 104 Å². The number of nitrogens with zero attached hydrogens (tertiary/aromatic N) is 10. The van der Waals surface area contributed by atoms with Crippen molar-refractivity contribution in [2.45, 2.75) is 189 Å². The number of ether oxygens (including phenoxy) is 4. The maximum absolute atomic E-state index is 12.5. The number of aliphatic hydroxyl groups is 4. The van der Waals surface area contributed by atoms with Crippen LogP contribution < -0.4 is 27.4 Å². The van der Waals surface area contributed by atoms with Crippen LogP contribution in [-0.4, -0.2) is 199 Å². The predicted octanol–water partition coefficient (Wildman–Crippen LogP) is -0.0347. The molecule has 5 aliphatic heterocycles. The monoisotopic (exact) mass is 1140 g/mol. The molecule has 444 valence electrons. The van der Waals surface area contributed by atoms with Crippen molar-refractivity contribution >= 4 is 69.7 Å². The second kappa shape index (κ2) is 24.5. The molecule has 5 amide bonds. The fraction of sp³-hybridized carbons (Fsp3) is 0.698. The van der Waals surface area contributed by atoms with E-state index in [9.17, 15) is 49.2 Å². The Morgan fingerprint density at radius 2 is 1.10 bits per heavy atom. The average Bonchev–Trinajstić information content (AvgIpc) is 4.33. The molecule has 82 heavy (non-hydrogen) atoms. The molecular weight excluding hydrogens is 1070 g/mol. The molecule has 3 saturated carbocycles. The summed E-state index contributed by atoms with van der Waals surface area (Å²) in [5, 5.41) is 50.6. The third-order valence-corrected chi connectivity index (χ3v) is 16.8. The molecule has 0 radical (unpaired) electrons. The Balaban J connectivity index is 0.000000172. The molecule has 3 aliphatic carbocycles. The highest BCUT2D eigenvalue weighted by Gasteiger charge is 2.50. The summed E-state index contributed by atoms with van der Waals surface area (Å²) in [6.07, 6.45) is 4.81. The summed E-state index contributed by atoms with van der Waals surface area (Å²) >= 11 is 0. The van der Waals surface area contributed by atoms with E-state index in [1.807, 2.05) is 0 Å². The smallest absolute Gasteiger partial charge is 0.410 e. The van der Waals surface area contributed by atoms with E-state index in [1.54, 1.807) is 9.80 Å². The number of hydrogen-bond donors (Lipinski definition) is 9. The van der Waals surface area contributed by atoms with Crippen molar-refractivity contribution in [3.8, 4) is 0 Å². The summed E-state index contributed by atoms with van der Waals surface area (Å²) < 4.78 is 25.4. The van der Waals surface area contributed by atoms with E-state index in [0.717, 1.165) is 83.5 Å². The third kappa shape index (κ3) is 12.8. The zero-order valence-electron chi connectivity index (χ0n) is 45.5. The van der Waals surface area contributed by atoms with Crippen LogP contribution in [0.2, 0.25) is 0 Å². The molecule has 29 heteroatoms. The van der Waals surface area contributed by atoms with Gasteiger partial charge in [0.2, 0.25) is 5.91 Å². The highest BCUT2D eigenvalue weighted by atomic mass is 16.6. The lowest BCUT2D eigenvalue weighted by Gasteiger charge is -2.32. The number of aliphatic hydroxyl groups excluding tert-OH is 4. The largest absolute Gasteiger partial charge is 0.444 e. The van der Waals surface area contributed by atoms with Gasteiger partial charge in [-0.15, -0.1) is 0 Å². The second-order valence-corrected chi connectivity index (χ2v) is 23.0. The minimum atomic E-state index is -1.40. The van der Waals surface area contributed by atoms with Gasteiger partial charge in [0.15, 0.2) is 59.5 Å². The number of ketones is 1. The zero-order valence-corrected chi connectivity index (χ0v) is 45.5. The molecule has 12 rings (SSSR count). The molecule has 29 nitrogen and oxygen atoms in total. The molecular formula is C53H73N15O14. The number of nitrogens with two attached hydrogens (primary N) is 2. The molecule has 0 bridgehead atoms. The van der Waals surface area contributed by atoms with Crippen LogP contribution in [0.1, 0.15) is 127 Å². The van der Waals surface area contributed by atoms with Gasteiger partial charge in [0.1, 0.15) is 53.2 Å². The fourth-order valence-corrected chi connectivity index (χ4v) is 11.7. The van der Waals surface area contributed by atoms with E-state index >= 15 is 0 Å². The number of hydrogen-bond acceptors (Lipinski definition) is 22. The molecule has 8 fully saturated rings. The molecule has 11 N–H and O–H groups in total. The van der Waals surface area contributed by atoms with E-state index in [1.165, 1.54) is 21.8 Å². The highest BCUT2D eigenvalue weighted by Crippen LogP contribution is 2.36. The fourth-order valence-electron chi connectivity index (χ4n) is 11.7. The summed E-state index contributed by atoms with van der Waals surface area (Å²) in [5.74, 6) is 1.35. The van der Waals surface area contributed by atoms with Crippen LogP contribution in [0.25, 0.3) is 22.3 Å². The van der Waals surface area contributed by atoms with Crippen molar-refractivity contribution in [2.24, 2.45) is 11.8 Å². The van der Waals surface area contributed by atoms with Crippen molar-refractivity contribution in [3.63, 3.8) is 0 Å². The van der Waals surface area contributed by atoms with Crippen molar-refractivity contribution in [2.75, 3.05) is 44.2 Å². The number of imidazole rings is 2. The average molecular weight is 1140 g/mol. The Bertz CT molecular complexity index is 3010. The molecule has 0 aromatic carbocycles. The summed E-state index contributed by atoms with van der Waals surface area (Å²) in [6, 6.07) is 0.186. The van der Waals surface area contributed by atoms with Gasteiger partial charge in [-0.05, 0) is 102 Å². The minimum Gasteiger partial charge on any atom is -0.444 e. The SMILES string of the molecule is Nc1nc(CCCC2CCN(C(=O)OC3CCCC3=O)CC2)nc2c1ncn2[C@@H]1O[C@H](C(=O)NC2CC2)C(O)[C@@H]1O.Nc1nc(CCCC2CCN(C(=O)OC3CNC(=O)C3)CC2)nc2c1ncn2[C@@H]1O[C@H](C(=O)NC2CC2)C(O)[C@@H]1O. The molecule has 4 unspecified atom stereocenters. The van der Waals surface area contributed by atoms with E-state index in [-0.39, 0.29) is 47.9 Å². The van der Waals surface area contributed by atoms with Crippen molar-refractivity contribution in [1.82, 2.24) is 64.8 Å².